The maximum Gasteiger partial charge on any atom is 0.243 e. The molecule has 9 nitrogen and oxygen atoms in total. The number of aromatic nitrogens is 1. The Morgan fingerprint density at radius 2 is 1.64 bits per heavy atom. The number of methoxy groups -OCH3 is 2. The molecule has 36 heavy (non-hydrogen) atoms. The summed E-state index contributed by atoms with van der Waals surface area (Å²) in [6.45, 7) is 4.54. The number of aryl methyl sites for hydroxylation is 1. The van der Waals surface area contributed by atoms with E-state index in [4.69, 9.17) is 14.5 Å². The summed E-state index contributed by atoms with van der Waals surface area (Å²) in [7, 11) is -0.471. The summed E-state index contributed by atoms with van der Waals surface area (Å²) >= 11 is 1.54. The minimum Gasteiger partial charge on any atom is -0.495 e. The van der Waals surface area contributed by atoms with Gasteiger partial charge in [-0.2, -0.15) is 4.31 Å². The van der Waals surface area contributed by atoms with E-state index in [9.17, 15) is 13.2 Å². The van der Waals surface area contributed by atoms with Gasteiger partial charge in [-0.3, -0.25) is 4.79 Å². The standard InChI is InChI=1S/C25H30N4O5S2/c1-17-6-8-18(9-7-17)36(31,32)29-12-4-5-19(29)24(30)27-13-15-28(16-14-27)25-26-22-20(33-2)10-11-21(34-3)23(22)35-25/h6-11,19H,4-5,12-16H2,1-3H3. The topological polar surface area (TPSA) is 92.3 Å². The Balaban J connectivity index is 1.29. The highest BCUT2D eigenvalue weighted by Crippen LogP contribution is 2.40. The molecule has 0 aliphatic carbocycles. The van der Waals surface area contributed by atoms with Gasteiger partial charge in [-0.05, 0) is 44.0 Å². The first-order valence-electron chi connectivity index (χ1n) is 12.0. The Morgan fingerprint density at radius 3 is 2.31 bits per heavy atom. The van der Waals surface area contributed by atoms with E-state index < -0.39 is 16.1 Å². The van der Waals surface area contributed by atoms with Crippen LogP contribution >= 0.6 is 11.3 Å². The second kappa shape index (κ2) is 9.87. The van der Waals surface area contributed by atoms with Crippen molar-refractivity contribution in [3.05, 3.63) is 42.0 Å². The van der Waals surface area contributed by atoms with E-state index >= 15 is 0 Å². The van der Waals surface area contributed by atoms with E-state index in [-0.39, 0.29) is 10.8 Å². The monoisotopic (exact) mass is 530 g/mol. The summed E-state index contributed by atoms with van der Waals surface area (Å²) in [5, 5.41) is 0.851. The molecule has 2 aliphatic rings. The molecule has 0 bridgehead atoms. The number of carbonyl (C=O) groups is 1. The van der Waals surface area contributed by atoms with Gasteiger partial charge in [0, 0.05) is 32.7 Å². The van der Waals surface area contributed by atoms with E-state index in [0.29, 0.717) is 51.3 Å². The van der Waals surface area contributed by atoms with E-state index in [1.165, 1.54) is 4.31 Å². The molecule has 0 spiro atoms. The van der Waals surface area contributed by atoms with Crippen LogP contribution in [0.1, 0.15) is 18.4 Å². The molecule has 0 N–H and O–H groups in total. The summed E-state index contributed by atoms with van der Waals surface area (Å²) in [6.07, 6.45) is 1.22. The molecule has 3 heterocycles. The van der Waals surface area contributed by atoms with Crippen molar-refractivity contribution in [1.82, 2.24) is 14.2 Å². The van der Waals surface area contributed by atoms with E-state index in [2.05, 4.69) is 4.90 Å². The van der Waals surface area contributed by atoms with Crippen molar-refractivity contribution < 1.29 is 22.7 Å². The lowest BCUT2D eigenvalue weighted by Gasteiger charge is -2.37. The number of piperazine rings is 1. The lowest BCUT2D eigenvalue weighted by atomic mass is 10.2. The number of anilines is 1. The smallest absolute Gasteiger partial charge is 0.243 e. The number of hydrogen-bond acceptors (Lipinski definition) is 8. The van der Waals surface area contributed by atoms with Crippen molar-refractivity contribution in [3.63, 3.8) is 0 Å². The summed E-state index contributed by atoms with van der Waals surface area (Å²) in [5.41, 5.74) is 1.75. The molecular weight excluding hydrogens is 500 g/mol. The largest absolute Gasteiger partial charge is 0.495 e. The number of benzene rings is 2. The van der Waals surface area contributed by atoms with E-state index in [1.54, 1.807) is 54.7 Å². The van der Waals surface area contributed by atoms with Crippen molar-refractivity contribution in [1.29, 1.82) is 0 Å². The highest BCUT2D eigenvalue weighted by atomic mass is 32.2. The number of sulfonamides is 1. The number of hydrogen-bond donors (Lipinski definition) is 0. The Hall–Kier alpha value is -2.89. The van der Waals surface area contributed by atoms with Gasteiger partial charge in [0.25, 0.3) is 0 Å². The summed E-state index contributed by atoms with van der Waals surface area (Å²) in [6, 6.07) is 9.87. The van der Waals surface area contributed by atoms with Crippen molar-refractivity contribution in [2.45, 2.75) is 30.7 Å². The zero-order valence-electron chi connectivity index (χ0n) is 20.6. The van der Waals surface area contributed by atoms with E-state index in [0.717, 1.165) is 26.7 Å². The molecule has 3 aromatic rings. The first-order valence-corrected chi connectivity index (χ1v) is 14.2. The molecule has 1 atom stereocenters. The molecule has 0 saturated carbocycles. The number of rotatable bonds is 6. The molecule has 1 amide bonds. The lowest BCUT2D eigenvalue weighted by Crippen LogP contribution is -2.54. The van der Waals surface area contributed by atoms with Crippen molar-refractivity contribution in [2.75, 3.05) is 51.8 Å². The fourth-order valence-electron chi connectivity index (χ4n) is 4.86. The summed E-state index contributed by atoms with van der Waals surface area (Å²) in [5.74, 6) is 1.33. The van der Waals surface area contributed by atoms with Gasteiger partial charge in [0.2, 0.25) is 15.9 Å². The van der Waals surface area contributed by atoms with Gasteiger partial charge >= 0.3 is 0 Å². The highest BCUT2D eigenvalue weighted by Gasteiger charge is 2.41. The molecule has 2 fully saturated rings. The quantitative estimate of drug-likeness (QED) is 0.484. The minimum atomic E-state index is -3.73. The highest BCUT2D eigenvalue weighted by molar-refractivity contribution is 7.89. The molecule has 1 aromatic heterocycles. The maximum absolute atomic E-state index is 13.4. The summed E-state index contributed by atoms with van der Waals surface area (Å²) in [4.78, 5) is 22.4. The second-order valence-electron chi connectivity index (χ2n) is 9.04. The van der Waals surface area contributed by atoms with Gasteiger partial charge in [-0.15, -0.1) is 0 Å². The number of nitrogens with zero attached hydrogens (tertiary/aromatic N) is 4. The van der Waals surface area contributed by atoms with Gasteiger partial charge in [-0.1, -0.05) is 29.0 Å². The number of fused-ring (bicyclic) bond motifs is 1. The van der Waals surface area contributed by atoms with Crippen LogP contribution in [0.15, 0.2) is 41.3 Å². The Labute approximate surface area is 215 Å². The predicted octanol–water partition coefficient (Wildman–Crippen LogP) is 3.12. The fourth-order valence-corrected chi connectivity index (χ4v) is 7.64. The van der Waals surface area contributed by atoms with Crippen LogP contribution in [0.25, 0.3) is 10.2 Å². The van der Waals surface area contributed by atoms with Crippen LogP contribution in [0.2, 0.25) is 0 Å². The first-order chi connectivity index (χ1) is 17.3. The molecule has 2 aliphatic heterocycles. The number of amides is 1. The van der Waals surface area contributed by atoms with Crippen LogP contribution in [-0.4, -0.2) is 81.5 Å². The van der Waals surface area contributed by atoms with Gasteiger partial charge in [0.1, 0.15) is 27.8 Å². The minimum absolute atomic E-state index is 0.115. The van der Waals surface area contributed by atoms with Crippen LogP contribution in [0.5, 0.6) is 11.5 Å². The molecular formula is C25H30N4O5S2. The van der Waals surface area contributed by atoms with Gasteiger partial charge in [0.05, 0.1) is 19.1 Å². The third kappa shape index (κ3) is 4.39. The lowest BCUT2D eigenvalue weighted by molar-refractivity contribution is -0.134. The fraction of sp³-hybridized carbons (Fsp3) is 0.440. The van der Waals surface area contributed by atoms with Gasteiger partial charge in [0.15, 0.2) is 5.13 Å². The van der Waals surface area contributed by atoms with Crippen LogP contribution in [0.4, 0.5) is 5.13 Å². The molecule has 2 aromatic carbocycles. The van der Waals surface area contributed by atoms with Crippen LogP contribution in [0, 0.1) is 6.92 Å². The Kier molecular flexibility index (Phi) is 6.80. The van der Waals surface area contributed by atoms with Crippen LogP contribution in [0.3, 0.4) is 0 Å². The molecule has 192 valence electrons. The van der Waals surface area contributed by atoms with E-state index in [1.807, 2.05) is 19.1 Å². The van der Waals surface area contributed by atoms with Crippen LogP contribution in [-0.2, 0) is 14.8 Å². The van der Waals surface area contributed by atoms with Crippen molar-refractivity contribution in [2.24, 2.45) is 0 Å². The predicted molar refractivity (Wildman–Crippen MR) is 140 cm³/mol. The number of ether oxygens (including phenoxy) is 2. The van der Waals surface area contributed by atoms with Crippen LogP contribution < -0.4 is 14.4 Å². The zero-order valence-corrected chi connectivity index (χ0v) is 22.3. The Morgan fingerprint density at radius 1 is 0.972 bits per heavy atom. The molecule has 5 rings (SSSR count). The average molecular weight is 531 g/mol. The normalized spacial score (nSPS) is 19.1. The SMILES string of the molecule is COc1ccc(OC)c2sc(N3CCN(C(=O)C4CCCN4S(=O)(=O)c4ccc(C)cc4)CC3)nc12. The number of carbonyl (C=O) groups excluding carboxylic acids is 1. The molecule has 2 saturated heterocycles. The third-order valence-electron chi connectivity index (χ3n) is 6.88. The Bertz CT molecular complexity index is 1320. The third-order valence-corrected chi connectivity index (χ3v) is 9.93. The summed E-state index contributed by atoms with van der Waals surface area (Å²) < 4.78 is 39.9. The van der Waals surface area contributed by atoms with Crippen molar-refractivity contribution >= 4 is 42.6 Å². The average Bonchev–Trinajstić information content (AvgIpc) is 3.57. The second-order valence-corrected chi connectivity index (χ2v) is 11.9. The first kappa shape index (κ1) is 24.8. The van der Waals surface area contributed by atoms with Gasteiger partial charge < -0.3 is 19.3 Å². The molecule has 1 unspecified atom stereocenters. The molecule has 11 heteroatoms. The zero-order chi connectivity index (χ0) is 25.4. The maximum atomic E-state index is 13.4. The van der Waals surface area contributed by atoms with Gasteiger partial charge in [-0.25, -0.2) is 13.4 Å². The van der Waals surface area contributed by atoms with Crippen molar-refractivity contribution in [3.8, 4) is 11.5 Å². The number of thiazole rings is 1. The molecule has 0 radical (unpaired) electrons.